The van der Waals surface area contributed by atoms with Crippen LogP contribution in [-0.2, 0) is 18.9 Å². The molecule has 0 unspecified atom stereocenters. The van der Waals surface area contributed by atoms with Crippen molar-refractivity contribution in [1.29, 1.82) is 5.26 Å². The summed E-state index contributed by atoms with van der Waals surface area (Å²) >= 11 is 4.39. The van der Waals surface area contributed by atoms with Gasteiger partial charge in [-0.25, -0.2) is 0 Å². The van der Waals surface area contributed by atoms with Crippen molar-refractivity contribution in [2.75, 3.05) is 44.5 Å². The van der Waals surface area contributed by atoms with E-state index >= 15 is 0 Å². The fourth-order valence-corrected chi connectivity index (χ4v) is 18.6. The molecule has 0 radical (unpaired) electrons. The van der Waals surface area contributed by atoms with E-state index in [0.29, 0.717) is 18.2 Å². The summed E-state index contributed by atoms with van der Waals surface area (Å²) in [6.07, 6.45) is 0. The Bertz CT molecular complexity index is 943. The van der Waals surface area contributed by atoms with Gasteiger partial charge in [-0.05, 0) is 110 Å². The molecule has 0 atom stereocenters. The van der Waals surface area contributed by atoms with Gasteiger partial charge in [-0.2, -0.15) is 27.7 Å². The standard InChI is InChI=1S/C15H34OSSi.C12H28OSSi.C6H13N3O.C6H11NO/c1-12(2)18(13(3)4,14(5)6)17-11-10-16-15(7,8)9;1-11(2,3)13-9-10-14-15(7,8)12(4,5)6;1-6(2,3)10-5-4-8-9-7;1-6(2,3)8-5-4-7/h12-14H,10-11H2,1-9H3;9-10H2,1-8H3;4-5H2,1-3H3;5H2,1-3H3. The normalized spacial score (nSPS) is 13.0. The Labute approximate surface area is 328 Å². The molecule has 0 fully saturated rings. The van der Waals surface area contributed by atoms with Crippen molar-refractivity contribution in [2.45, 2.75) is 203 Å². The second-order valence-electron chi connectivity index (χ2n) is 19.2. The maximum Gasteiger partial charge on any atom is 0.134 e. The van der Waals surface area contributed by atoms with Crippen LogP contribution < -0.4 is 0 Å². The minimum Gasteiger partial charge on any atom is -0.376 e. The van der Waals surface area contributed by atoms with Crippen LogP contribution in [0.2, 0.25) is 34.8 Å². The van der Waals surface area contributed by atoms with E-state index in [0.717, 1.165) is 41.3 Å². The molecule has 306 valence electrons. The summed E-state index contributed by atoms with van der Waals surface area (Å²) in [5.41, 5.74) is 10.1. The minimum absolute atomic E-state index is 0.00172. The largest absolute Gasteiger partial charge is 0.376 e. The monoisotopic (exact) mass is 795 g/mol. The Balaban J connectivity index is -0.000000302. The quantitative estimate of drug-likeness (QED) is 0.0534. The van der Waals surface area contributed by atoms with Gasteiger partial charge in [0.25, 0.3) is 0 Å². The highest BCUT2D eigenvalue weighted by molar-refractivity contribution is 8.29. The van der Waals surface area contributed by atoms with E-state index in [1.165, 1.54) is 0 Å². The lowest BCUT2D eigenvalue weighted by Gasteiger charge is -2.42. The van der Waals surface area contributed by atoms with Gasteiger partial charge in [0.1, 0.15) is 21.1 Å². The van der Waals surface area contributed by atoms with Gasteiger partial charge in [0, 0.05) is 23.0 Å². The lowest BCUT2D eigenvalue weighted by Crippen LogP contribution is -2.41. The molecule has 0 aromatic rings. The predicted molar refractivity (Wildman–Crippen MR) is 236 cm³/mol. The molecule has 0 spiro atoms. The molecule has 0 aliphatic carbocycles. The SMILES string of the molecule is CC(C)(C)OCC#N.CC(C)(C)OCCN=[N+]=[N-].CC(C)(C)OCCS[Si](C)(C)C(C)(C)C.CC(C)[Si](SCCOC(C)(C)C)(C(C)C)C(C)C. The maximum atomic E-state index is 8.05. The van der Waals surface area contributed by atoms with Gasteiger partial charge in [0.05, 0.1) is 48.3 Å². The van der Waals surface area contributed by atoms with Crippen LogP contribution in [0.1, 0.15) is 145 Å². The van der Waals surface area contributed by atoms with E-state index in [1.807, 2.05) is 47.6 Å². The van der Waals surface area contributed by atoms with E-state index in [-0.39, 0.29) is 29.0 Å². The molecule has 0 bridgehead atoms. The zero-order chi connectivity index (χ0) is 41.5. The number of hydrogen-bond acceptors (Lipinski definition) is 8. The first-order valence-corrected chi connectivity index (χ1v) is 27.5. The van der Waals surface area contributed by atoms with Crippen LogP contribution in [-0.4, -0.2) is 81.3 Å². The summed E-state index contributed by atoms with van der Waals surface area (Å²) in [6.45, 7) is 53.7. The van der Waals surface area contributed by atoms with Gasteiger partial charge in [0.15, 0.2) is 0 Å². The zero-order valence-electron chi connectivity index (χ0n) is 37.9. The van der Waals surface area contributed by atoms with Crippen LogP contribution >= 0.6 is 22.4 Å². The first kappa shape index (κ1) is 57.5. The highest BCUT2D eigenvalue weighted by Crippen LogP contribution is 2.49. The third kappa shape index (κ3) is 35.2. The summed E-state index contributed by atoms with van der Waals surface area (Å²) in [5.74, 6) is 2.28. The van der Waals surface area contributed by atoms with Gasteiger partial charge in [-0.3, -0.25) is 0 Å². The number of ether oxygens (including phenoxy) is 4. The average molecular weight is 795 g/mol. The minimum atomic E-state index is -1.29. The summed E-state index contributed by atoms with van der Waals surface area (Å²) in [6, 6.07) is 1.90. The number of nitrogens with zero attached hydrogens (tertiary/aromatic N) is 4. The van der Waals surface area contributed by atoms with Crippen LogP contribution in [0.15, 0.2) is 5.11 Å². The Morgan fingerprint density at radius 3 is 1.20 bits per heavy atom. The molecule has 51 heavy (non-hydrogen) atoms. The number of hydrogen-bond donors (Lipinski definition) is 0. The van der Waals surface area contributed by atoms with Gasteiger partial charge in [-0.1, -0.05) is 80.5 Å². The highest BCUT2D eigenvalue weighted by atomic mass is 32.4. The lowest BCUT2D eigenvalue weighted by atomic mass is 10.2. The Morgan fingerprint density at radius 1 is 0.608 bits per heavy atom. The van der Waals surface area contributed by atoms with Crippen molar-refractivity contribution in [2.24, 2.45) is 5.11 Å². The second-order valence-corrected chi connectivity index (χ2v) is 37.2. The second kappa shape index (κ2) is 26.6. The maximum absolute atomic E-state index is 8.05. The van der Waals surface area contributed by atoms with Crippen molar-refractivity contribution in [1.82, 2.24) is 0 Å². The topological polar surface area (TPSA) is 109 Å². The van der Waals surface area contributed by atoms with Crippen molar-refractivity contribution in [3.8, 4) is 6.07 Å². The molecule has 0 aromatic heterocycles. The Kier molecular flexibility index (Phi) is 29.9. The van der Waals surface area contributed by atoms with Crippen LogP contribution in [0.3, 0.4) is 0 Å². The van der Waals surface area contributed by atoms with Crippen LogP contribution in [0.25, 0.3) is 10.4 Å². The van der Waals surface area contributed by atoms with Gasteiger partial charge in [-0.15, -0.1) is 0 Å². The van der Waals surface area contributed by atoms with Crippen molar-refractivity contribution < 1.29 is 18.9 Å². The van der Waals surface area contributed by atoms with Crippen LogP contribution in [0.4, 0.5) is 0 Å². The van der Waals surface area contributed by atoms with E-state index in [2.05, 4.69) is 149 Å². The van der Waals surface area contributed by atoms with Gasteiger partial charge >= 0.3 is 0 Å². The molecule has 0 amide bonds. The van der Waals surface area contributed by atoms with Crippen molar-refractivity contribution in [3.63, 3.8) is 0 Å². The lowest BCUT2D eigenvalue weighted by molar-refractivity contribution is 0.00194. The fraction of sp³-hybridized carbons (Fsp3) is 0.974. The average Bonchev–Trinajstić information content (AvgIpc) is 2.90. The highest BCUT2D eigenvalue weighted by Gasteiger charge is 2.43. The molecule has 0 saturated carbocycles. The van der Waals surface area contributed by atoms with Crippen LogP contribution in [0, 0.1) is 11.3 Å². The van der Waals surface area contributed by atoms with Gasteiger partial charge < -0.3 is 18.9 Å². The van der Waals surface area contributed by atoms with Crippen molar-refractivity contribution in [3.05, 3.63) is 10.4 Å². The molecule has 0 saturated heterocycles. The smallest absolute Gasteiger partial charge is 0.134 e. The summed E-state index contributed by atoms with van der Waals surface area (Å²) in [4.78, 5) is 2.60. The summed E-state index contributed by atoms with van der Waals surface area (Å²) in [7, 11) is -2.45. The molecule has 8 nitrogen and oxygen atoms in total. The number of azide groups is 1. The third-order valence-electron chi connectivity index (χ3n) is 7.92. The summed E-state index contributed by atoms with van der Waals surface area (Å²) in [5, 5.41) is 11.9. The molecular weight excluding hydrogens is 709 g/mol. The van der Waals surface area contributed by atoms with Crippen LogP contribution in [0.5, 0.6) is 0 Å². The molecular formula is C39H86N4O4S2Si2. The van der Waals surface area contributed by atoms with E-state index in [1.54, 1.807) is 0 Å². The predicted octanol–water partition coefficient (Wildman–Crippen LogP) is 13.7. The zero-order valence-corrected chi connectivity index (χ0v) is 41.6. The molecule has 0 rings (SSSR count). The number of nitriles is 1. The van der Waals surface area contributed by atoms with Crippen molar-refractivity contribution >= 4 is 36.9 Å². The summed E-state index contributed by atoms with van der Waals surface area (Å²) < 4.78 is 21.9. The van der Waals surface area contributed by atoms with E-state index in [4.69, 9.17) is 29.7 Å². The van der Waals surface area contributed by atoms with E-state index < -0.39 is 14.4 Å². The molecule has 12 heteroatoms. The fourth-order valence-electron chi connectivity index (χ4n) is 4.61. The number of rotatable bonds is 15. The van der Waals surface area contributed by atoms with Gasteiger partial charge in [0.2, 0.25) is 0 Å². The molecule has 0 aromatic carbocycles. The first-order valence-electron chi connectivity index (χ1n) is 18.8. The molecule has 0 heterocycles. The third-order valence-corrected chi connectivity index (χ3v) is 29.9. The van der Waals surface area contributed by atoms with E-state index in [9.17, 15) is 0 Å². The molecule has 0 N–H and O–H groups in total. The molecule has 0 aliphatic rings. The molecule has 0 aliphatic heterocycles. The Morgan fingerprint density at radius 2 is 0.941 bits per heavy atom. The first-order chi connectivity index (χ1) is 22.6. The Hall–Kier alpha value is -0.226.